The van der Waals surface area contributed by atoms with Crippen molar-refractivity contribution in [2.45, 2.75) is 32.4 Å². The predicted molar refractivity (Wildman–Crippen MR) is 122 cm³/mol. The average Bonchev–Trinajstić information content (AvgIpc) is 3.32. The van der Waals surface area contributed by atoms with Crippen LogP contribution in [-0.4, -0.2) is 36.2 Å². The van der Waals surface area contributed by atoms with Crippen LogP contribution in [-0.2, 0) is 11.5 Å². The molecule has 162 valence electrons. The van der Waals surface area contributed by atoms with Gasteiger partial charge < -0.3 is 14.2 Å². The minimum atomic E-state index is -1.20. The molecule has 0 unspecified atom stereocenters. The lowest BCUT2D eigenvalue weighted by Gasteiger charge is -2.15. The van der Waals surface area contributed by atoms with E-state index in [1.165, 1.54) is 6.07 Å². The van der Waals surface area contributed by atoms with Crippen molar-refractivity contribution in [1.29, 1.82) is 0 Å². The van der Waals surface area contributed by atoms with Crippen LogP contribution in [0.4, 0.5) is 5.69 Å². The Kier molecular flexibility index (Phi) is 5.79. The van der Waals surface area contributed by atoms with E-state index in [1.54, 1.807) is 16.8 Å². The fourth-order valence-corrected chi connectivity index (χ4v) is 4.00. The number of rotatable bonds is 8. The van der Waals surface area contributed by atoms with Crippen LogP contribution in [0.5, 0.6) is 11.5 Å². The van der Waals surface area contributed by atoms with E-state index in [0.29, 0.717) is 17.9 Å². The molecule has 4 rings (SSSR count). The highest BCUT2D eigenvalue weighted by molar-refractivity contribution is 6.76. The predicted octanol–water partition coefficient (Wildman–Crippen LogP) is 5.16. The van der Waals surface area contributed by atoms with Crippen LogP contribution in [0.25, 0.3) is 23.1 Å². The van der Waals surface area contributed by atoms with Gasteiger partial charge in [-0.15, -0.1) is 0 Å². The maximum atomic E-state index is 11.3. The fraction of sp³-hybridized carbons (Fsp3) is 0.318. The van der Waals surface area contributed by atoms with Gasteiger partial charge in [0.15, 0.2) is 11.5 Å². The number of non-ortho nitro benzene ring substituents is 1. The molecule has 0 aliphatic carbocycles. The first-order valence-corrected chi connectivity index (χ1v) is 13.8. The molecule has 0 saturated heterocycles. The van der Waals surface area contributed by atoms with Crippen LogP contribution >= 0.6 is 0 Å². The first-order chi connectivity index (χ1) is 14.8. The van der Waals surface area contributed by atoms with Crippen molar-refractivity contribution in [3.63, 3.8) is 0 Å². The van der Waals surface area contributed by atoms with Gasteiger partial charge in [0, 0.05) is 32.2 Å². The van der Waals surface area contributed by atoms with Crippen molar-refractivity contribution < 1.29 is 19.1 Å². The highest BCUT2D eigenvalue weighted by Crippen LogP contribution is 2.33. The molecule has 0 amide bonds. The Balaban J connectivity index is 1.61. The first-order valence-electron chi connectivity index (χ1n) is 10.1. The molecule has 0 atom stereocenters. The fourth-order valence-electron chi connectivity index (χ4n) is 3.24. The molecule has 0 radical (unpaired) electrons. The van der Waals surface area contributed by atoms with Crippen LogP contribution in [0.1, 0.15) is 11.3 Å². The van der Waals surface area contributed by atoms with Crippen LogP contribution in [0, 0.1) is 10.1 Å². The van der Waals surface area contributed by atoms with E-state index < -0.39 is 13.0 Å². The Morgan fingerprint density at radius 2 is 1.97 bits per heavy atom. The molecule has 0 N–H and O–H groups in total. The van der Waals surface area contributed by atoms with Gasteiger partial charge in [0.2, 0.25) is 6.79 Å². The molecule has 1 aliphatic rings. The summed E-state index contributed by atoms with van der Waals surface area (Å²) in [5.41, 5.74) is 2.37. The molecule has 0 spiro atoms. The molecule has 3 aromatic rings. The lowest BCUT2D eigenvalue weighted by Crippen LogP contribution is -2.22. The van der Waals surface area contributed by atoms with Crippen molar-refractivity contribution in [2.75, 3.05) is 13.4 Å². The second kappa shape index (κ2) is 8.52. The van der Waals surface area contributed by atoms with E-state index in [-0.39, 0.29) is 19.2 Å². The summed E-state index contributed by atoms with van der Waals surface area (Å²) in [5, 5.41) is 16.7. The summed E-state index contributed by atoms with van der Waals surface area (Å²) in [5.74, 6) is 1.44. The van der Waals surface area contributed by atoms with Crippen molar-refractivity contribution in [3.05, 3.63) is 57.8 Å². The second-order valence-corrected chi connectivity index (χ2v) is 14.3. The molecule has 2 heterocycles. The van der Waals surface area contributed by atoms with Gasteiger partial charge in [-0.05, 0) is 35.9 Å². The molecule has 0 fully saturated rings. The third kappa shape index (κ3) is 4.94. The molecule has 2 aromatic carbocycles. The van der Waals surface area contributed by atoms with E-state index >= 15 is 0 Å². The van der Waals surface area contributed by atoms with Crippen molar-refractivity contribution in [1.82, 2.24) is 9.78 Å². The molecular weight excluding hydrogens is 414 g/mol. The summed E-state index contributed by atoms with van der Waals surface area (Å²) >= 11 is 0. The number of benzene rings is 2. The lowest BCUT2D eigenvalue weighted by atomic mass is 10.1. The monoisotopic (exact) mass is 439 g/mol. The van der Waals surface area contributed by atoms with Crippen molar-refractivity contribution in [3.8, 4) is 11.5 Å². The number of nitro benzene ring substituents is 1. The topological polar surface area (TPSA) is 88.7 Å². The Bertz CT molecular complexity index is 1150. The van der Waals surface area contributed by atoms with Crippen molar-refractivity contribution >= 4 is 36.8 Å². The first kappa shape index (κ1) is 21.1. The Hall–Kier alpha value is -3.17. The quantitative estimate of drug-likeness (QED) is 0.209. The van der Waals surface area contributed by atoms with Crippen LogP contribution in [0.15, 0.2) is 36.4 Å². The average molecular weight is 440 g/mol. The van der Waals surface area contributed by atoms with Crippen LogP contribution in [0.3, 0.4) is 0 Å². The highest BCUT2D eigenvalue weighted by atomic mass is 28.3. The van der Waals surface area contributed by atoms with Gasteiger partial charge in [0.25, 0.3) is 5.69 Å². The lowest BCUT2D eigenvalue weighted by molar-refractivity contribution is -0.384. The van der Waals surface area contributed by atoms with E-state index in [0.717, 1.165) is 28.4 Å². The van der Waals surface area contributed by atoms with E-state index in [2.05, 4.69) is 24.7 Å². The van der Waals surface area contributed by atoms with E-state index in [1.807, 2.05) is 30.4 Å². The standard InChI is InChI=1S/C22H25N3O5Si/c1-31(2,3)11-10-28-14-24-20-13-17(25(26)27)6-7-18(20)19(23-24)8-4-16-5-9-21-22(12-16)30-15-29-21/h4-9,12-13H,10-11,14-15H2,1-3H3. The number of ether oxygens (including phenoxy) is 3. The summed E-state index contributed by atoms with van der Waals surface area (Å²) in [6, 6.07) is 11.5. The summed E-state index contributed by atoms with van der Waals surface area (Å²) in [4.78, 5) is 10.9. The van der Waals surface area contributed by atoms with Gasteiger partial charge in [-0.3, -0.25) is 10.1 Å². The number of hydrogen-bond acceptors (Lipinski definition) is 6. The largest absolute Gasteiger partial charge is 0.454 e. The normalized spacial score (nSPS) is 13.4. The number of fused-ring (bicyclic) bond motifs is 2. The number of nitrogens with zero attached hydrogens (tertiary/aromatic N) is 3. The minimum absolute atomic E-state index is 0.0297. The Morgan fingerprint density at radius 3 is 2.74 bits per heavy atom. The maximum Gasteiger partial charge on any atom is 0.271 e. The van der Waals surface area contributed by atoms with Crippen molar-refractivity contribution in [2.24, 2.45) is 0 Å². The Labute approximate surface area is 181 Å². The summed E-state index contributed by atoms with van der Waals surface area (Å²) < 4.78 is 18.3. The zero-order valence-electron chi connectivity index (χ0n) is 17.8. The van der Waals surface area contributed by atoms with Gasteiger partial charge in [-0.25, -0.2) is 4.68 Å². The molecular formula is C22H25N3O5Si. The summed E-state index contributed by atoms with van der Waals surface area (Å²) in [7, 11) is -1.20. The molecule has 8 nitrogen and oxygen atoms in total. The minimum Gasteiger partial charge on any atom is -0.454 e. The number of hydrogen-bond donors (Lipinski definition) is 0. The molecule has 1 aromatic heterocycles. The van der Waals surface area contributed by atoms with Gasteiger partial charge in [-0.2, -0.15) is 5.10 Å². The van der Waals surface area contributed by atoms with E-state index in [4.69, 9.17) is 14.2 Å². The maximum absolute atomic E-state index is 11.3. The third-order valence-corrected chi connectivity index (χ3v) is 6.72. The second-order valence-electron chi connectivity index (χ2n) is 8.64. The SMILES string of the molecule is C[Si](C)(C)CCOCn1nc(C=Cc2ccc3c(c2)OCO3)c2ccc([N+](=O)[O-])cc21. The third-order valence-electron chi connectivity index (χ3n) is 5.01. The van der Waals surface area contributed by atoms with Gasteiger partial charge in [0.1, 0.15) is 6.73 Å². The summed E-state index contributed by atoms with van der Waals surface area (Å²) in [6.45, 7) is 8.01. The number of nitro groups is 1. The van der Waals surface area contributed by atoms with Gasteiger partial charge in [0.05, 0.1) is 16.1 Å². The highest BCUT2D eigenvalue weighted by Gasteiger charge is 2.16. The number of aromatic nitrogens is 2. The zero-order chi connectivity index (χ0) is 22.0. The molecule has 0 bridgehead atoms. The van der Waals surface area contributed by atoms with Crippen LogP contribution < -0.4 is 9.47 Å². The van der Waals surface area contributed by atoms with Gasteiger partial charge >= 0.3 is 0 Å². The molecule has 0 saturated carbocycles. The van der Waals surface area contributed by atoms with Gasteiger partial charge in [-0.1, -0.05) is 31.8 Å². The Morgan fingerprint density at radius 1 is 1.16 bits per heavy atom. The molecule has 31 heavy (non-hydrogen) atoms. The molecule has 1 aliphatic heterocycles. The molecule has 9 heteroatoms. The summed E-state index contributed by atoms with van der Waals surface area (Å²) in [6.07, 6.45) is 3.83. The smallest absolute Gasteiger partial charge is 0.271 e. The van der Waals surface area contributed by atoms with E-state index in [9.17, 15) is 10.1 Å². The zero-order valence-corrected chi connectivity index (χ0v) is 18.8. The van der Waals surface area contributed by atoms with Crippen LogP contribution in [0.2, 0.25) is 25.7 Å².